The Morgan fingerprint density at radius 2 is 2.11 bits per heavy atom. The molecule has 0 heterocycles. The standard InChI is InChI=1S/C10H11N3O5/c11-4-3-9(14)12-7-2-1-6(10(15)16)5-8(7)13(17)18/h1-2,5H,3-4,11H2,(H,12,14)(H,15,16). The predicted octanol–water partition coefficient (Wildman–Crippen LogP) is 0.580. The SMILES string of the molecule is NCCC(=O)Nc1ccc(C(=O)O)cc1[N+](=O)[O-]. The number of nitro benzene ring substituents is 1. The van der Waals surface area contributed by atoms with Crippen molar-refractivity contribution in [3.05, 3.63) is 33.9 Å². The molecule has 96 valence electrons. The van der Waals surface area contributed by atoms with Crippen LogP contribution in [-0.2, 0) is 4.79 Å². The zero-order valence-corrected chi connectivity index (χ0v) is 9.25. The summed E-state index contributed by atoms with van der Waals surface area (Å²) in [7, 11) is 0. The molecule has 0 saturated carbocycles. The van der Waals surface area contributed by atoms with E-state index in [2.05, 4.69) is 5.32 Å². The van der Waals surface area contributed by atoms with Crippen LogP contribution in [0.15, 0.2) is 18.2 Å². The van der Waals surface area contributed by atoms with Gasteiger partial charge in [0.25, 0.3) is 5.69 Å². The van der Waals surface area contributed by atoms with Gasteiger partial charge in [-0.1, -0.05) is 0 Å². The van der Waals surface area contributed by atoms with Gasteiger partial charge in [0.1, 0.15) is 5.69 Å². The molecule has 0 aliphatic carbocycles. The van der Waals surface area contributed by atoms with Crippen LogP contribution in [0, 0.1) is 10.1 Å². The summed E-state index contributed by atoms with van der Waals surface area (Å²) < 4.78 is 0. The minimum Gasteiger partial charge on any atom is -0.478 e. The summed E-state index contributed by atoms with van der Waals surface area (Å²) in [6, 6.07) is 3.24. The number of aromatic carboxylic acids is 1. The average molecular weight is 253 g/mol. The summed E-state index contributed by atoms with van der Waals surface area (Å²) in [6.45, 7) is 0.118. The first-order chi connectivity index (χ1) is 8.45. The van der Waals surface area contributed by atoms with Gasteiger partial charge in [0.2, 0.25) is 5.91 Å². The van der Waals surface area contributed by atoms with Gasteiger partial charge in [-0.05, 0) is 12.1 Å². The molecule has 18 heavy (non-hydrogen) atoms. The smallest absolute Gasteiger partial charge is 0.335 e. The van der Waals surface area contributed by atoms with Crippen LogP contribution < -0.4 is 11.1 Å². The maximum absolute atomic E-state index is 11.3. The van der Waals surface area contributed by atoms with E-state index in [0.29, 0.717) is 0 Å². The van der Waals surface area contributed by atoms with Gasteiger partial charge in [-0.25, -0.2) is 4.79 Å². The molecule has 8 heteroatoms. The van der Waals surface area contributed by atoms with E-state index < -0.39 is 22.5 Å². The summed E-state index contributed by atoms with van der Waals surface area (Å²) in [6.07, 6.45) is 0.0256. The third-order valence-corrected chi connectivity index (χ3v) is 2.09. The lowest BCUT2D eigenvalue weighted by Crippen LogP contribution is -2.17. The second-order valence-corrected chi connectivity index (χ2v) is 3.38. The Morgan fingerprint density at radius 3 is 2.61 bits per heavy atom. The van der Waals surface area contributed by atoms with Crippen molar-refractivity contribution in [2.75, 3.05) is 11.9 Å². The van der Waals surface area contributed by atoms with Gasteiger partial charge < -0.3 is 16.2 Å². The van der Waals surface area contributed by atoms with Crippen molar-refractivity contribution in [2.45, 2.75) is 6.42 Å². The lowest BCUT2D eigenvalue weighted by atomic mass is 10.1. The van der Waals surface area contributed by atoms with Crippen LogP contribution in [0.25, 0.3) is 0 Å². The summed E-state index contributed by atoms with van der Waals surface area (Å²) in [5.74, 6) is -1.75. The van der Waals surface area contributed by atoms with E-state index in [0.717, 1.165) is 6.07 Å². The summed E-state index contributed by atoms with van der Waals surface area (Å²) in [5.41, 5.74) is 4.42. The van der Waals surface area contributed by atoms with Crippen LogP contribution in [0.2, 0.25) is 0 Å². The Labute approximate surface area is 102 Å². The van der Waals surface area contributed by atoms with E-state index in [1.165, 1.54) is 12.1 Å². The van der Waals surface area contributed by atoms with Crippen molar-refractivity contribution < 1.29 is 19.6 Å². The molecule has 0 spiro atoms. The number of hydrogen-bond acceptors (Lipinski definition) is 5. The molecule has 0 radical (unpaired) electrons. The molecular weight excluding hydrogens is 242 g/mol. The molecule has 0 saturated heterocycles. The minimum atomic E-state index is -1.28. The van der Waals surface area contributed by atoms with E-state index in [1.54, 1.807) is 0 Å². The monoisotopic (exact) mass is 253 g/mol. The maximum atomic E-state index is 11.3. The number of carbonyl (C=O) groups is 2. The molecule has 0 fully saturated rings. The van der Waals surface area contributed by atoms with Crippen molar-refractivity contribution in [3.63, 3.8) is 0 Å². The molecular formula is C10H11N3O5. The summed E-state index contributed by atoms with van der Waals surface area (Å²) in [4.78, 5) is 32.0. The van der Waals surface area contributed by atoms with E-state index in [9.17, 15) is 19.7 Å². The number of nitro groups is 1. The molecule has 1 aromatic rings. The van der Waals surface area contributed by atoms with Crippen LogP contribution in [0.3, 0.4) is 0 Å². The lowest BCUT2D eigenvalue weighted by molar-refractivity contribution is -0.384. The second kappa shape index (κ2) is 5.73. The number of nitrogens with zero attached hydrogens (tertiary/aromatic N) is 1. The third kappa shape index (κ3) is 3.25. The van der Waals surface area contributed by atoms with E-state index in [-0.39, 0.29) is 24.2 Å². The topological polar surface area (TPSA) is 136 Å². The van der Waals surface area contributed by atoms with Gasteiger partial charge in [0, 0.05) is 19.0 Å². The Hall–Kier alpha value is -2.48. The van der Waals surface area contributed by atoms with Crippen LogP contribution >= 0.6 is 0 Å². The molecule has 0 aliphatic heterocycles. The number of carboxylic acid groups (broad SMARTS) is 1. The van der Waals surface area contributed by atoms with Gasteiger partial charge in [0.15, 0.2) is 0 Å². The largest absolute Gasteiger partial charge is 0.478 e. The fourth-order valence-corrected chi connectivity index (χ4v) is 1.27. The minimum absolute atomic E-state index is 0.0256. The highest BCUT2D eigenvalue weighted by atomic mass is 16.6. The van der Waals surface area contributed by atoms with Crippen molar-refractivity contribution in [1.29, 1.82) is 0 Å². The Bertz CT molecular complexity index is 500. The zero-order chi connectivity index (χ0) is 13.7. The lowest BCUT2D eigenvalue weighted by Gasteiger charge is -2.05. The first-order valence-electron chi connectivity index (χ1n) is 4.97. The normalized spacial score (nSPS) is 9.83. The van der Waals surface area contributed by atoms with Crippen molar-refractivity contribution in [2.24, 2.45) is 5.73 Å². The molecule has 1 rings (SSSR count). The van der Waals surface area contributed by atoms with Crippen molar-refractivity contribution in [1.82, 2.24) is 0 Å². The highest BCUT2D eigenvalue weighted by molar-refractivity contribution is 5.95. The number of nitrogens with one attached hydrogen (secondary N) is 1. The molecule has 0 unspecified atom stereocenters. The highest BCUT2D eigenvalue weighted by Gasteiger charge is 2.18. The maximum Gasteiger partial charge on any atom is 0.335 e. The van der Waals surface area contributed by atoms with Crippen LogP contribution in [0.5, 0.6) is 0 Å². The van der Waals surface area contributed by atoms with Gasteiger partial charge in [-0.15, -0.1) is 0 Å². The van der Waals surface area contributed by atoms with Gasteiger partial charge in [-0.3, -0.25) is 14.9 Å². The Kier molecular flexibility index (Phi) is 4.33. The molecule has 0 aromatic heterocycles. The molecule has 0 aliphatic rings. The quantitative estimate of drug-likeness (QED) is 0.518. The van der Waals surface area contributed by atoms with E-state index in [4.69, 9.17) is 10.8 Å². The number of anilines is 1. The van der Waals surface area contributed by atoms with Crippen molar-refractivity contribution in [3.8, 4) is 0 Å². The zero-order valence-electron chi connectivity index (χ0n) is 9.25. The Morgan fingerprint density at radius 1 is 1.44 bits per heavy atom. The van der Waals surface area contributed by atoms with Crippen LogP contribution in [-0.4, -0.2) is 28.5 Å². The number of carboxylic acids is 1. The molecule has 8 nitrogen and oxygen atoms in total. The first kappa shape index (κ1) is 13.6. The second-order valence-electron chi connectivity index (χ2n) is 3.38. The first-order valence-corrected chi connectivity index (χ1v) is 4.97. The van der Waals surface area contributed by atoms with E-state index in [1.807, 2.05) is 0 Å². The molecule has 0 bridgehead atoms. The van der Waals surface area contributed by atoms with E-state index >= 15 is 0 Å². The number of carbonyl (C=O) groups excluding carboxylic acids is 1. The molecule has 1 aromatic carbocycles. The fraction of sp³-hybridized carbons (Fsp3) is 0.200. The van der Waals surface area contributed by atoms with Gasteiger partial charge in [-0.2, -0.15) is 0 Å². The van der Waals surface area contributed by atoms with Gasteiger partial charge in [0.05, 0.1) is 10.5 Å². The summed E-state index contributed by atoms with van der Waals surface area (Å²) >= 11 is 0. The number of nitrogens with two attached hydrogens (primary N) is 1. The van der Waals surface area contributed by atoms with Crippen LogP contribution in [0.1, 0.15) is 16.8 Å². The highest BCUT2D eigenvalue weighted by Crippen LogP contribution is 2.25. The average Bonchev–Trinajstić information content (AvgIpc) is 2.29. The molecule has 4 N–H and O–H groups in total. The third-order valence-electron chi connectivity index (χ3n) is 2.09. The Balaban J connectivity index is 3.08. The number of hydrogen-bond donors (Lipinski definition) is 3. The fourth-order valence-electron chi connectivity index (χ4n) is 1.27. The molecule has 0 atom stereocenters. The summed E-state index contributed by atoms with van der Waals surface area (Å²) in [5, 5.41) is 21.8. The van der Waals surface area contributed by atoms with Gasteiger partial charge >= 0.3 is 5.97 Å². The number of amides is 1. The number of benzene rings is 1. The van der Waals surface area contributed by atoms with Crippen molar-refractivity contribution >= 4 is 23.3 Å². The van der Waals surface area contributed by atoms with Crippen LogP contribution in [0.4, 0.5) is 11.4 Å². The molecule has 1 amide bonds. The predicted molar refractivity (Wildman–Crippen MR) is 62.4 cm³/mol. The number of rotatable bonds is 5.